The zero-order valence-electron chi connectivity index (χ0n) is 15.2. The molecule has 2 N–H and O–H groups in total. The molecule has 0 heterocycles. The zero-order valence-corrected chi connectivity index (χ0v) is 15.2. The number of amides is 3. The number of nitrogens with one attached hydrogen (secondary N) is 2. The lowest BCUT2D eigenvalue weighted by Crippen LogP contribution is -2.41. The van der Waals surface area contributed by atoms with Gasteiger partial charge in [0.25, 0.3) is 5.91 Å². The van der Waals surface area contributed by atoms with Gasteiger partial charge in [0.05, 0.1) is 13.1 Å². The molecule has 2 rings (SSSR count). The van der Waals surface area contributed by atoms with Gasteiger partial charge in [-0.3, -0.25) is 14.4 Å². The average molecular weight is 353 g/mol. The van der Waals surface area contributed by atoms with Crippen LogP contribution in [0.15, 0.2) is 48.5 Å². The minimum atomic E-state index is -0.342. The van der Waals surface area contributed by atoms with Crippen molar-refractivity contribution >= 4 is 23.4 Å². The summed E-state index contributed by atoms with van der Waals surface area (Å²) in [6.45, 7) is 3.57. The third-order valence-corrected chi connectivity index (χ3v) is 3.75. The van der Waals surface area contributed by atoms with Gasteiger partial charge in [-0.25, -0.2) is 0 Å². The molecule has 136 valence electrons. The molecule has 0 aliphatic rings. The monoisotopic (exact) mass is 353 g/mol. The summed E-state index contributed by atoms with van der Waals surface area (Å²) in [5, 5.41) is 5.31. The molecule has 0 spiro atoms. The summed E-state index contributed by atoms with van der Waals surface area (Å²) in [6, 6.07) is 14.5. The third kappa shape index (κ3) is 5.73. The van der Waals surface area contributed by atoms with Gasteiger partial charge in [-0.2, -0.15) is 0 Å². The Morgan fingerprint density at radius 1 is 0.962 bits per heavy atom. The third-order valence-electron chi connectivity index (χ3n) is 3.75. The Labute approximate surface area is 153 Å². The summed E-state index contributed by atoms with van der Waals surface area (Å²) in [6.07, 6.45) is 0. The van der Waals surface area contributed by atoms with E-state index >= 15 is 0 Å². The molecule has 0 saturated carbocycles. The van der Waals surface area contributed by atoms with Gasteiger partial charge in [-0.15, -0.1) is 0 Å². The molecule has 0 bridgehead atoms. The second-order valence-corrected chi connectivity index (χ2v) is 6.22. The van der Waals surface area contributed by atoms with Crippen LogP contribution in [0.4, 0.5) is 5.69 Å². The molecule has 3 amide bonds. The van der Waals surface area contributed by atoms with Gasteiger partial charge in [0.15, 0.2) is 0 Å². The maximum absolute atomic E-state index is 12.2. The number of aryl methyl sites for hydroxylation is 2. The molecule has 0 atom stereocenters. The molecular weight excluding hydrogens is 330 g/mol. The van der Waals surface area contributed by atoms with Crippen molar-refractivity contribution in [3.8, 4) is 0 Å². The fraction of sp³-hybridized carbons (Fsp3) is 0.250. The number of nitrogens with zero attached hydrogens (tertiary/aromatic N) is 1. The number of para-hydroxylation sites is 1. The van der Waals surface area contributed by atoms with Crippen molar-refractivity contribution in [1.29, 1.82) is 0 Å². The lowest BCUT2D eigenvalue weighted by atomic mass is 10.1. The normalized spacial score (nSPS) is 10.1. The lowest BCUT2D eigenvalue weighted by Gasteiger charge is -2.17. The summed E-state index contributed by atoms with van der Waals surface area (Å²) in [7, 11) is 1.52. The number of carbonyl (C=O) groups excluding carboxylic acids is 3. The van der Waals surface area contributed by atoms with Crippen LogP contribution < -0.4 is 10.6 Å². The van der Waals surface area contributed by atoms with Gasteiger partial charge in [-0.1, -0.05) is 35.4 Å². The van der Waals surface area contributed by atoms with Crippen LogP contribution in [0.25, 0.3) is 0 Å². The van der Waals surface area contributed by atoms with Gasteiger partial charge in [0.2, 0.25) is 11.8 Å². The van der Waals surface area contributed by atoms with Crippen molar-refractivity contribution in [1.82, 2.24) is 10.2 Å². The van der Waals surface area contributed by atoms with E-state index in [1.165, 1.54) is 11.9 Å². The van der Waals surface area contributed by atoms with Crippen LogP contribution in [0.1, 0.15) is 21.5 Å². The highest BCUT2D eigenvalue weighted by Crippen LogP contribution is 2.08. The summed E-state index contributed by atoms with van der Waals surface area (Å²) in [4.78, 5) is 37.6. The molecule has 26 heavy (non-hydrogen) atoms. The molecule has 6 nitrogen and oxygen atoms in total. The van der Waals surface area contributed by atoms with E-state index < -0.39 is 0 Å². The molecule has 2 aromatic carbocycles. The van der Waals surface area contributed by atoms with E-state index in [2.05, 4.69) is 10.6 Å². The highest BCUT2D eigenvalue weighted by atomic mass is 16.2. The van der Waals surface area contributed by atoms with Crippen LogP contribution >= 0.6 is 0 Å². The molecule has 6 heteroatoms. The van der Waals surface area contributed by atoms with E-state index in [9.17, 15) is 14.4 Å². The van der Waals surface area contributed by atoms with E-state index in [0.29, 0.717) is 11.3 Å². The second kappa shape index (κ2) is 8.80. The zero-order chi connectivity index (χ0) is 19.1. The van der Waals surface area contributed by atoms with Crippen molar-refractivity contribution in [2.45, 2.75) is 13.8 Å². The average Bonchev–Trinajstić information content (AvgIpc) is 2.59. The van der Waals surface area contributed by atoms with E-state index in [1.807, 2.05) is 38.1 Å². The fourth-order valence-corrected chi connectivity index (χ4v) is 2.52. The summed E-state index contributed by atoms with van der Waals surface area (Å²) < 4.78 is 0. The Balaban J connectivity index is 1.83. The maximum atomic E-state index is 12.2. The molecule has 0 aromatic heterocycles. The minimum Gasteiger partial charge on any atom is -0.343 e. The Hall–Kier alpha value is -3.15. The summed E-state index contributed by atoms with van der Waals surface area (Å²) >= 11 is 0. The SMILES string of the molecule is Cc1cc(C)cc(C(=O)NCC(=O)N(C)CC(=O)Nc2ccccc2)c1. The summed E-state index contributed by atoms with van der Waals surface area (Å²) in [5.41, 5.74) is 3.15. The quantitative estimate of drug-likeness (QED) is 0.835. The molecule has 0 fully saturated rings. The Kier molecular flexibility index (Phi) is 6.49. The number of hydrogen-bond acceptors (Lipinski definition) is 3. The van der Waals surface area contributed by atoms with Crippen molar-refractivity contribution in [2.75, 3.05) is 25.5 Å². The van der Waals surface area contributed by atoms with Crippen LogP contribution in [0.5, 0.6) is 0 Å². The standard InChI is InChI=1S/C20H23N3O3/c1-14-9-15(2)11-16(10-14)20(26)21-12-19(25)23(3)13-18(24)22-17-7-5-4-6-8-17/h4-11H,12-13H2,1-3H3,(H,21,26)(H,22,24). The second-order valence-electron chi connectivity index (χ2n) is 6.22. The summed E-state index contributed by atoms with van der Waals surface area (Å²) in [5.74, 6) is -0.953. The highest BCUT2D eigenvalue weighted by molar-refractivity contribution is 5.98. The first-order chi connectivity index (χ1) is 12.3. The van der Waals surface area contributed by atoms with Gasteiger partial charge in [-0.05, 0) is 38.1 Å². The predicted octanol–water partition coefficient (Wildman–Crippen LogP) is 2.13. The number of benzene rings is 2. The van der Waals surface area contributed by atoms with Crippen LogP contribution in [-0.4, -0.2) is 42.8 Å². The molecule has 0 saturated heterocycles. The van der Waals surface area contributed by atoms with Crippen molar-refractivity contribution in [2.24, 2.45) is 0 Å². The lowest BCUT2D eigenvalue weighted by molar-refractivity contribution is -0.132. The Morgan fingerprint density at radius 3 is 2.19 bits per heavy atom. The number of rotatable bonds is 6. The van der Waals surface area contributed by atoms with Gasteiger partial charge in [0, 0.05) is 18.3 Å². The molecule has 0 aliphatic heterocycles. The predicted molar refractivity (Wildman–Crippen MR) is 101 cm³/mol. The Morgan fingerprint density at radius 2 is 1.58 bits per heavy atom. The van der Waals surface area contributed by atoms with Gasteiger partial charge >= 0.3 is 0 Å². The topological polar surface area (TPSA) is 78.5 Å². The smallest absolute Gasteiger partial charge is 0.251 e. The number of anilines is 1. The van der Waals surface area contributed by atoms with E-state index in [1.54, 1.807) is 24.3 Å². The fourth-order valence-electron chi connectivity index (χ4n) is 2.52. The molecule has 0 radical (unpaired) electrons. The van der Waals surface area contributed by atoms with Crippen LogP contribution in [0.3, 0.4) is 0 Å². The highest BCUT2D eigenvalue weighted by Gasteiger charge is 2.15. The first-order valence-electron chi connectivity index (χ1n) is 8.30. The largest absolute Gasteiger partial charge is 0.343 e. The van der Waals surface area contributed by atoms with E-state index in [-0.39, 0.29) is 30.8 Å². The number of hydrogen-bond donors (Lipinski definition) is 2. The van der Waals surface area contributed by atoms with Crippen molar-refractivity contribution < 1.29 is 14.4 Å². The van der Waals surface area contributed by atoms with Crippen LogP contribution in [0.2, 0.25) is 0 Å². The molecular formula is C20H23N3O3. The first-order valence-corrected chi connectivity index (χ1v) is 8.30. The Bertz CT molecular complexity index is 783. The van der Waals surface area contributed by atoms with Crippen molar-refractivity contribution in [3.63, 3.8) is 0 Å². The number of carbonyl (C=O) groups is 3. The van der Waals surface area contributed by atoms with Crippen LogP contribution in [0, 0.1) is 13.8 Å². The van der Waals surface area contributed by atoms with Gasteiger partial charge in [0.1, 0.15) is 0 Å². The molecule has 0 unspecified atom stereocenters. The van der Waals surface area contributed by atoms with Gasteiger partial charge < -0.3 is 15.5 Å². The number of likely N-dealkylation sites (N-methyl/N-ethyl adjacent to an activating group) is 1. The van der Waals surface area contributed by atoms with E-state index in [4.69, 9.17) is 0 Å². The molecule has 2 aromatic rings. The van der Waals surface area contributed by atoms with Crippen LogP contribution in [-0.2, 0) is 9.59 Å². The van der Waals surface area contributed by atoms with E-state index in [0.717, 1.165) is 11.1 Å². The first kappa shape index (κ1) is 19.2. The molecule has 0 aliphatic carbocycles. The van der Waals surface area contributed by atoms with Crippen molar-refractivity contribution in [3.05, 3.63) is 65.2 Å². The minimum absolute atomic E-state index is 0.0901. The maximum Gasteiger partial charge on any atom is 0.251 e.